The Kier molecular flexibility index (Phi) is 11.7. The van der Waals surface area contributed by atoms with Crippen LogP contribution in [0.4, 0.5) is 5.69 Å². The molecule has 0 bridgehead atoms. The second-order valence-corrected chi connectivity index (χ2v) is 17.3. The number of halogens is 1. The molecule has 1 heterocycles. The number of rotatable bonds is 12. The zero-order valence-electron chi connectivity index (χ0n) is 31.2. The minimum absolute atomic E-state index is 0.0144. The van der Waals surface area contributed by atoms with Gasteiger partial charge in [-0.25, -0.2) is 0 Å². The summed E-state index contributed by atoms with van der Waals surface area (Å²) in [6.45, 7) is 12.0. The highest BCUT2D eigenvalue weighted by atomic mass is 35.5. The van der Waals surface area contributed by atoms with Crippen LogP contribution < -0.4 is 16.4 Å². The van der Waals surface area contributed by atoms with E-state index in [2.05, 4.69) is 36.4 Å². The van der Waals surface area contributed by atoms with Crippen molar-refractivity contribution in [2.75, 3.05) is 18.4 Å². The Morgan fingerprint density at radius 1 is 1.00 bits per heavy atom. The molecule has 4 fully saturated rings. The molecule has 4 saturated carbocycles. The van der Waals surface area contributed by atoms with Crippen LogP contribution in [-0.2, 0) is 23.9 Å². The molecule has 0 spiro atoms. The molecule has 9 nitrogen and oxygen atoms in total. The number of nitrogens with two attached hydrogens (primary N) is 1. The number of nitrogens with one attached hydrogen (secondary N) is 2. The monoisotopic (exact) mass is 722 g/mol. The summed E-state index contributed by atoms with van der Waals surface area (Å²) in [6, 6.07) is 7.50. The van der Waals surface area contributed by atoms with E-state index >= 15 is 0 Å². The first kappa shape index (κ1) is 38.0. The third-order valence-corrected chi connectivity index (χ3v) is 14.1. The van der Waals surface area contributed by atoms with Crippen molar-refractivity contribution in [2.24, 2.45) is 52.1 Å². The second kappa shape index (κ2) is 15.7. The van der Waals surface area contributed by atoms with E-state index in [0.29, 0.717) is 41.0 Å². The Morgan fingerprint density at radius 2 is 1.76 bits per heavy atom. The lowest BCUT2D eigenvalue weighted by molar-refractivity contribution is -0.220. The van der Waals surface area contributed by atoms with Gasteiger partial charge in [0.1, 0.15) is 12.2 Å². The maximum absolute atomic E-state index is 12.7. The summed E-state index contributed by atoms with van der Waals surface area (Å²) < 4.78 is 12.5. The van der Waals surface area contributed by atoms with Gasteiger partial charge >= 0.3 is 11.9 Å². The molecular formula is C41H59ClN4O5. The predicted molar refractivity (Wildman–Crippen MR) is 201 cm³/mol. The maximum Gasteiger partial charge on any atom is 0.302 e. The summed E-state index contributed by atoms with van der Waals surface area (Å²) in [4.78, 5) is 42.2. The third kappa shape index (κ3) is 7.82. The number of aromatic nitrogens is 1. The first-order valence-corrected chi connectivity index (χ1v) is 19.8. The van der Waals surface area contributed by atoms with E-state index in [-0.39, 0.29) is 52.8 Å². The normalized spacial score (nSPS) is 34.9. The SMILES string of the molecule is CC(=O)O[C@H]1C[C@H]2[C@@H]([C@H](OC(C)=O)C[C@@H]3C[C@H](N)CC[C@@]32C)[C@@H]2CC[C@H]([C@H](C)CCCNCCCC(=O)Nc3ccnc4cc(Cl)ccc34)[C@@]12C. The number of ether oxygens (including phenoxy) is 2. The number of esters is 2. The van der Waals surface area contributed by atoms with Gasteiger partial charge in [-0.3, -0.25) is 19.4 Å². The van der Waals surface area contributed by atoms with Crippen molar-refractivity contribution in [3.8, 4) is 0 Å². The number of carbonyl (C=O) groups is 3. The highest BCUT2D eigenvalue weighted by molar-refractivity contribution is 6.31. The lowest BCUT2D eigenvalue weighted by atomic mass is 9.43. The van der Waals surface area contributed by atoms with Crippen LogP contribution in [0.2, 0.25) is 5.02 Å². The number of anilines is 1. The molecule has 6 rings (SSSR count). The number of pyridine rings is 1. The van der Waals surface area contributed by atoms with Crippen LogP contribution >= 0.6 is 11.6 Å². The highest BCUT2D eigenvalue weighted by Crippen LogP contribution is 2.69. The quantitative estimate of drug-likeness (QED) is 0.150. The summed E-state index contributed by atoms with van der Waals surface area (Å²) in [5.74, 6) is 1.81. The van der Waals surface area contributed by atoms with Gasteiger partial charge in [-0.15, -0.1) is 0 Å². The van der Waals surface area contributed by atoms with Crippen LogP contribution in [0.1, 0.15) is 105 Å². The molecule has 0 unspecified atom stereocenters. The van der Waals surface area contributed by atoms with Gasteiger partial charge in [-0.1, -0.05) is 32.4 Å². The van der Waals surface area contributed by atoms with Gasteiger partial charge < -0.3 is 25.8 Å². The third-order valence-electron chi connectivity index (χ3n) is 13.9. The summed E-state index contributed by atoms with van der Waals surface area (Å²) in [5.41, 5.74) is 7.93. The molecule has 2 aromatic rings. The lowest BCUT2D eigenvalue weighted by Crippen LogP contribution is -2.63. The highest BCUT2D eigenvalue weighted by Gasteiger charge is 2.67. The Hall–Kier alpha value is -2.75. The number of nitrogens with zero attached hydrogens (tertiary/aromatic N) is 1. The molecule has 4 aliphatic rings. The van der Waals surface area contributed by atoms with E-state index in [0.717, 1.165) is 93.9 Å². The molecule has 51 heavy (non-hydrogen) atoms. The van der Waals surface area contributed by atoms with Crippen molar-refractivity contribution in [3.63, 3.8) is 0 Å². The van der Waals surface area contributed by atoms with Gasteiger partial charge in [0, 0.05) is 54.2 Å². The fourth-order valence-corrected chi connectivity index (χ4v) is 11.7. The topological polar surface area (TPSA) is 133 Å². The molecular weight excluding hydrogens is 664 g/mol. The van der Waals surface area contributed by atoms with Crippen molar-refractivity contribution in [3.05, 3.63) is 35.5 Å². The average molecular weight is 723 g/mol. The largest absolute Gasteiger partial charge is 0.462 e. The molecule has 11 atom stereocenters. The van der Waals surface area contributed by atoms with E-state index < -0.39 is 0 Å². The van der Waals surface area contributed by atoms with Gasteiger partial charge in [0.2, 0.25) is 5.91 Å². The van der Waals surface area contributed by atoms with Crippen LogP contribution in [0.3, 0.4) is 0 Å². The molecule has 1 amide bonds. The van der Waals surface area contributed by atoms with E-state index in [1.54, 1.807) is 32.2 Å². The van der Waals surface area contributed by atoms with Crippen LogP contribution in [0.25, 0.3) is 10.9 Å². The molecule has 0 saturated heterocycles. The molecule has 10 heteroatoms. The van der Waals surface area contributed by atoms with Crippen molar-refractivity contribution in [1.29, 1.82) is 0 Å². The molecule has 0 aliphatic heterocycles. The first-order chi connectivity index (χ1) is 24.3. The van der Waals surface area contributed by atoms with Crippen molar-refractivity contribution in [2.45, 2.75) is 123 Å². The number of fused-ring (bicyclic) bond motifs is 6. The van der Waals surface area contributed by atoms with Crippen molar-refractivity contribution in [1.82, 2.24) is 10.3 Å². The Bertz CT molecular complexity index is 1590. The Labute approximate surface area is 308 Å². The minimum Gasteiger partial charge on any atom is -0.462 e. The van der Waals surface area contributed by atoms with E-state index in [4.69, 9.17) is 26.8 Å². The maximum atomic E-state index is 12.7. The van der Waals surface area contributed by atoms with Gasteiger partial charge in [0.15, 0.2) is 0 Å². The average Bonchev–Trinajstić information content (AvgIpc) is 3.43. The van der Waals surface area contributed by atoms with Crippen LogP contribution in [0, 0.1) is 46.3 Å². The molecule has 280 valence electrons. The van der Waals surface area contributed by atoms with E-state index in [1.807, 2.05) is 12.1 Å². The molecule has 0 radical (unpaired) electrons. The molecule has 4 aliphatic carbocycles. The summed E-state index contributed by atoms with van der Waals surface area (Å²) in [6.07, 6.45) is 11.7. The van der Waals surface area contributed by atoms with Gasteiger partial charge in [0.05, 0.1) is 11.2 Å². The number of hydrogen-bond donors (Lipinski definition) is 3. The zero-order valence-corrected chi connectivity index (χ0v) is 32.0. The van der Waals surface area contributed by atoms with E-state index in [9.17, 15) is 14.4 Å². The van der Waals surface area contributed by atoms with Gasteiger partial charge in [-0.2, -0.15) is 0 Å². The van der Waals surface area contributed by atoms with Crippen molar-refractivity contribution >= 4 is 46.0 Å². The summed E-state index contributed by atoms with van der Waals surface area (Å²) in [5, 5.41) is 8.07. The Balaban J connectivity index is 1.04. The number of amides is 1. The van der Waals surface area contributed by atoms with Crippen LogP contribution in [-0.4, -0.2) is 54.2 Å². The number of carbonyl (C=O) groups excluding carboxylic acids is 3. The summed E-state index contributed by atoms with van der Waals surface area (Å²) in [7, 11) is 0. The first-order valence-electron chi connectivity index (χ1n) is 19.5. The predicted octanol–water partition coefficient (Wildman–Crippen LogP) is 7.68. The lowest BCUT2D eigenvalue weighted by Gasteiger charge is -2.64. The van der Waals surface area contributed by atoms with Gasteiger partial charge in [0.25, 0.3) is 0 Å². The van der Waals surface area contributed by atoms with Gasteiger partial charge in [-0.05, 0) is 137 Å². The van der Waals surface area contributed by atoms with Crippen molar-refractivity contribution < 1.29 is 23.9 Å². The zero-order chi connectivity index (χ0) is 36.5. The Morgan fingerprint density at radius 3 is 2.53 bits per heavy atom. The standard InChI is InChI=1S/C41H59ClN4O5/c1-24(8-6-17-44-18-7-9-38(49)46-34-15-19-45-35-22-28(42)10-11-30(34)35)31-12-13-32-39-33(23-37(41(31,32)5)51-26(3)48)40(4)16-14-29(43)20-27(40)21-36(39)50-25(2)47/h10-11,15,19,22,24,27,29,31-33,36-37,39,44H,6-9,12-14,16-18,20-21,23,43H2,1-5H3,(H,45,46,49)/t24-,27+,29-,31-,32+,33+,36-,37+,39+,40+,41-/m1/s1. The molecule has 4 N–H and O–H groups in total. The van der Waals surface area contributed by atoms with Crippen LogP contribution in [0.15, 0.2) is 30.5 Å². The molecule has 1 aromatic heterocycles. The minimum atomic E-state index is -0.201. The smallest absolute Gasteiger partial charge is 0.302 e. The fraction of sp³-hybridized carbons (Fsp3) is 0.707. The fourth-order valence-electron chi connectivity index (χ4n) is 11.5. The van der Waals surface area contributed by atoms with Crippen LogP contribution in [0.5, 0.6) is 0 Å². The van der Waals surface area contributed by atoms with E-state index in [1.165, 1.54) is 0 Å². The second-order valence-electron chi connectivity index (χ2n) is 16.8. The number of benzene rings is 1. The number of hydrogen-bond acceptors (Lipinski definition) is 8. The molecule has 1 aromatic carbocycles. The summed E-state index contributed by atoms with van der Waals surface area (Å²) >= 11 is 6.10.